The summed E-state index contributed by atoms with van der Waals surface area (Å²) in [5, 5.41) is 0. The summed E-state index contributed by atoms with van der Waals surface area (Å²) in [6.45, 7) is 10.0. The molecule has 94 valence electrons. The fourth-order valence-corrected chi connectivity index (χ4v) is 2.33. The molecule has 0 aromatic carbocycles. The van der Waals surface area contributed by atoms with Crippen LogP contribution < -0.4 is 0 Å². The fourth-order valence-electron chi connectivity index (χ4n) is 2.33. The molecular formula is C13H25NO2. The van der Waals surface area contributed by atoms with Crippen LogP contribution in [0.25, 0.3) is 0 Å². The molecule has 3 heteroatoms. The van der Waals surface area contributed by atoms with Gasteiger partial charge in [-0.15, -0.1) is 0 Å². The van der Waals surface area contributed by atoms with Crippen LogP contribution in [0, 0.1) is 0 Å². The molecule has 2 unspecified atom stereocenters. The van der Waals surface area contributed by atoms with E-state index in [0.29, 0.717) is 12.1 Å². The third kappa shape index (κ3) is 3.39. The predicted molar refractivity (Wildman–Crippen MR) is 65.5 cm³/mol. The Morgan fingerprint density at radius 3 is 2.50 bits per heavy atom. The summed E-state index contributed by atoms with van der Waals surface area (Å²) >= 11 is 0. The number of hydrogen-bond donors (Lipinski definition) is 0. The maximum atomic E-state index is 12.1. The van der Waals surface area contributed by atoms with Crippen LogP contribution in [0.15, 0.2) is 0 Å². The topological polar surface area (TPSA) is 29.5 Å². The van der Waals surface area contributed by atoms with Crippen molar-refractivity contribution in [2.24, 2.45) is 0 Å². The van der Waals surface area contributed by atoms with Gasteiger partial charge in [-0.2, -0.15) is 0 Å². The van der Waals surface area contributed by atoms with E-state index in [4.69, 9.17) is 4.74 Å². The minimum Gasteiger partial charge on any atom is -0.444 e. The normalized spacial score (nSPS) is 26.7. The van der Waals surface area contributed by atoms with E-state index in [1.54, 1.807) is 0 Å². The molecule has 0 aromatic rings. The van der Waals surface area contributed by atoms with Gasteiger partial charge in [0, 0.05) is 12.1 Å². The Hall–Kier alpha value is -0.730. The van der Waals surface area contributed by atoms with Gasteiger partial charge in [-0.05, 0) is 53.4 Å². The molecule has 1 fully saturated rings. The molecular weight excluding hydrogens is 202 g/mol. The number of amides is 1. The molecule has 1 heterocycles. The van der Waals surface area contributed by atoms with Crippen LogP contribution in [0.1, 0.15) is 60.3 Å². The molecule has 0 N–H and O–H groups in total. The van der Waals surface area contributed by atoms with Crippen LogP contribution in [0.3, 0.4) is 0 Å². The minimum atomic E-state index is -0.396. The van der Waals surface area contributed by atoms with E-state index in [-0.39, 0.29) is 6.09 Å². The van der Waals surface area contributed by atoms with Gasteiger partial charge >= 0.3 is 6.09 Å². The Bertz CT molecular complexity index is 245. The first kappa shape index (κ1) is 13.3. The molecule has 0 aliphatic carbocycles. The van der Waals surface area contributed by atoms with Crippen molar-refractivity contribution in [1.29, 1.82) is 0 Å². The summed E-state index contributed by atoms with van der Waals surface area (Å²) in [4.78, 5) is 14.0. The zero-order chi connectivity index (χ0) is 12.3. The summed E-state index contributed by atoms with van der Waals surface area (Å²) < 4.78 is 5.47. The summed E-state index contributed by atoms with van der Waals surface area (Å²) in [5.74, 6) is 0. The molecule has 1 rings (SSSR count). The van der Waals surface area contributed by atoms with Gasteiger partial charge in [0.05, 0.1) is 0 Å². The van der Waals surface area contributed by atoms with Gasteiger partial charge < -0.3 is 9.64 Å². The molecule has 16 heavy (non-hydrogen) atoms. The zero-order valence-electron chi connectivity index (χ0n) is 11.2. The van der Waals surface area contributed by atoms with Gasteiger partial charge in [-0.1, -0.05) is 6.92 Å². The lowest BCUT2D eigenvalue weighted by molar-refractivity contribution is -0.00326. The molecule has 1 aliphatic heterocycles. The summed E-state index contributed by atoms with van der Waals surface area (Å²) in [7, 11) is 0. The summed E-state index contributed by atoms with van der Waals surface area (Å²) in [5.41, 5.74) is -0.396. The van der Waals surface area contributed by atoms with Crippen molar-refractivity contribution < 1.29 is 9.53 Å². The maximum absolute atomic E-state index is 12.1. The van der Waals surface area contributed by atoms with Gasteiger partial charge in [-0.3, -0.25) is 0 Å². The quantitative estimate of drug-likeness (QED) is 0.685. The first-order valence-electron chi connectivity index (χ1n) is 6.36. The Kier molecular flexibility index (Phi) is 4.22. The fraction of sp³-hybridized carbons (Fsp3) is 0.923. The number of ether oxygens (including phenoxy) is 1. The van der Waals surface area contributed by atoms with Gasteiger partial charge in [0.15, 0.2) is 0 Å². The monoisotopic (exact) mass is 227 g/mol. The van der Waals surface area contributed by atoms with Crippen LogP contribution >= 0.6 is 0 Å². The Balaban J connectivity index is 2.70. The number of likely N-dealkylation sites (tertiary alicyclic amines) is 1. The van der Waals surface area contributed by atoms with Crippen LogP contribution in [-0.2, 0) is 4.74 Å². The van der Waals surface area contributed by atoms with E-state index in [2.05, 4.69) is 13.8 Å². The van der Waals surface area contributed by atoms with E-state index >= 15 is 0 Å². The lowest BCUT2D eigenvalue weighted by Gasteiger charge is -2.40. The highest BCUT2D eigenvalue weighted by molar-refractivity contribution is 5.69. The smallest absolute Gasteiger partial charge is 0.410 e. The van der Waals surface area contributed by atoms with Crippen LogP contribution in [0.4, 0.5) is 4.79 Å². The SMILES string of the molecule is CCC1CCCC(C)N1C(=O)OC(C)(C)C. The van der Waals surface area contributed by atoms with Crippen molar-refractivity contribution in [3.63, 3.8) is 0 Å². The number of hydrogen-bond acceptors (Lipinski definition) is 2. The van der Waals surface area contributed by atoms with Crippen molar-refractivity contribution in [3.8, 4) is 0 Å². The first-order valence-corrected chi connectivity index (χ1v) is 6.36. The van der Waals surface area contributed by atoms with Crippen molar-refractivity contribution in [1.82, 2.24) is 4.90 Å². The average molecular weight is 227 g/mol. The van der Waals surface area contributed by atoms with E-state index in [0.717, 1.165) is 19.3 Å². The second-order valence-corrected chi connectivity index (χ2v) is 5.73. The highest BCUT2D eigenvalue weighted by Crippen LogP contribution is 2.26. The number of piperidine rings is 1. The maximum Gasteiger partial charge on any atom is 0.410 e. The molecule has 0 aromatic heterocycles. The van der Waals surface area contributed by atoms with Crippen LogP contribution in [0.2, 0.25) is 0 Å². The van der Waals surface area contributed by atoms with Crippen molar-refractivity contribution >= 4 is 6.09 Å². The van der Waals surface area contributed by atoms with Gasteiger partial charge in [0.2, 0.25) is 0 Å². The molecule has 0 bridgehead atoms. The second kappa shape index (κ2) is 5.07. The average Bonchev–Trinajstić information content (AvgIpc) is 2.14. The summed E-state index contributed by atoms with van der Waals surface area (Å²) in [6.07, 6.45) is 4.30. The highest BCUT2D eigenvalue weighted by Gasteiger charge is 2.33. The summed E-state index contributed by atoms with van der Waals surface area (Å²) in [6, 6.07) is 0.673. The standard InChI is InChI=1S/C13H25NO2/c1-6-11-9-7-8-10(2)14(11)12(15)16-13(3,4)5/h10-11H,6-9H2,1-5H3. The van der Waals surface area contributed by atoms with Gasteiger partial charge in [0.25, 0.3) is 0 Å². The molecule has 2 atom stereocenters. The molecule has 1 amide bonds. The van der Waals surface area contributed by atoms with E-state index in [9.17, 15) is 4.79 Å². The van der Waals surface area contributed by atoms with Gasteiger partial charge in [0.1, 0.15) is 5.60 Å². The minimum absolute atomic E-state index is 0.147. The molecule has 1 aliphatic rings. The first-order chi connectivity index (χ1) is 7.35. The van der Waals surface area contributed by atoms with E-state index in [1.807, 2.05) is 25.7 Å². The number of carbonyl (C=O) groups excluding carboxylic acids is 1. The molecule has 3 nitrogen and oxygen atoms in total. The lowest BCUT2D eigenvalue weighted by atomic mass is 9.95. The van der Waals surface area contributed by atoms with Crippen LogP contribution in [-0.4, -0.2) is 28.7 Å². The Labute approximate surface area is 99.1 Å². The van der Waals surface area contributed by atoms with Crippen molar-refractivity contribution in [2.75, 3.05) is 0 Å². The Morgan fingerprint density at radius 2 is 2.00 bits per heavy atom. The van der Waals surface area contributed by atoms with Crippen molar-refractivity contribution in [2.45, 2.75) is 78.0 Å². The second-order valence-electron chi connectivity index (χ2n) is 5.73. The number of rotatable bonds is 1. The third-order valence-corrected chi connectivity index (χ3v) is 3.10. The van der Waals surface area contributed by atoms with Crippen molar-refractivity contribution in [3.05, 3.63) is 0 Å². The largest absolute Gasteiger partial charge is 0.444 e. The number of nitrogens with zero attached hydrogens (tertiary/aromatic N) is 1. The number of carbonyl (C=O) groups is 1. The highest BCUT2D eigenvalue weighted by atomic mass is 16.6. The molecule has 0 radical (unpaired) electrons. The molecule has 0 saturated carbocycles. The predicted octanol–water partition coefficient (Wildman–Crippen LogP) is 3.57. The van der Waals surface area contributed by atoms with E-state index in [1.165, 1.54) is 6.42 Å². The van der Waals surface area contributed by atoms with Gasteiger partial charge in [-0.25, -0.2) is 4.79 Å². The van der Waals surface area contributed by atoms with E-state index < -0.39 is 5.60 Å². The molecule has 1 saturated heterocycles. The lowest BCUT2D eigenvalue weighted by Crippen LogP contribution is -2.50. The third-order valence-electron chi connectivity index (χ3n) is 3.10. The molecule has 0 spiro atoms. The van der Waals surface area contributed by atoms with Crippen LogP contribution in [0.5, 0.6) is 0 Å². The Morgan fingerprint density at radius 1 is 1.38 bits per heavy atom. The zero-order valence-corrected chi connectivity index (χ0v) is 11.2.